The van der Waals surface area contributed by atoms with Crippen molar-refractivity contribution in [2.45, 2.75) is 71.9 Å². The fraction of sp³-hybridized carbons (Fsp3) is 0.895. The molecule has 2 rings (SSSR count). The number of carbonyl (C=O) groups excluding carboxylic acids is 1. The first-order valence-electron chi connectivity index (χ1n) is 9.97. The van der Waals surface area contributed by atoms with Crippen LogP contribution in [0.2, 0.25) is 0 Å². The quantitative estimate of drug-likeness (QED) is 0.387. The second-order valence-electron chi connectivity index (χ2n) is 8.33. The maximum Gasteiger partial charge on any atom is 0.225 e. The van der Waals surface area contributed by atoms with Gasteiger partial charge in [0.25, 0.3) is 0 Å². The molecule has 0 spiro atoms. The number of nitrogens with one attached hydrogen (secondary N) is 3. The number of carbonyl (C=O) groups is 1. The van der Waals surface area contributed by atoms with Crippen LogP contribution >= 0.6 is 0 Å². The first-order valence-corrected chi connectivity index (χ1v) is 9.97. The lowest BCUT2D eigenvalue weighted by molar-refractivity contribution is -0.128. The fourth-order valence-corrected chi connectivity index (χ4v) is 3.62. The van der Waals surface area contributed by atoms with Crippen molar-refractivity contribution in [2.24, 2.45) is 10.4 Å². The van der Waals surface area contributed by atoms with E-state index >= 15 is 0 Å². The lowest BCUT2D eigenvalue weighted by atomic mass is 9.96. The topological polar surface area (TPSA) is 68.8 Å². The number of amides is 1. The van der Waals surface area contributed by atoms with Crippen molar-refractivity contribution < 1.29 is 4.79 Å². The summed E-state index contributed by atoms with van der Waals surface area (Å²) in [5.74, 6) is 0.939. The van der Waals surface area contributed by atoms with Crippen LogP contribution < -0.4 is 16.0 Å². The average Bonchev–Trinajstić information content (AvgIpc) is 3.21. The molecular formula is C19H37N5O. The molecule has 0 aromatic heterocycles. The fourth-order valence-electron chi connectivity index (χ4n) is 3.62. The average molecular weight is 352 g/mol. The number of rotatable bonds is 6. The molecule has 2 aliphatic rings. The molecule has 1 aliphatic carbocycles. The molecule has 25 heavy (non-hydrogen) atoms. The van der Waals surface area contributed by atoms with E-state index in [1.54, 1.807) is 0 Å². The van der Waals surface area contributed by atoms with Crippen molar-refractivity contribution in [1.29, 1.82) is 0 Å². The summed E-state index contributed by atoms with van der Waals surface area (Å²) < 4.78 is 0. The van der Waals surface area contributed by atoms with Crippen molar-refractivity contribution in [3.05, 3.63) is 0 Å². The number of guanidine groups is 1. The molecular weight excluding hydrogens is 314 g/mol. The molecule has 6 nitrogen and oxygen atoms in total. The van der Waals surface area contributed by atoms with Gasteiger partial charge in [-0.05, 0) is 26.2 Å². The van der Waals surface area contributed by atoms with Gasteiger partial charge in [0.05, 0.1) is 6.54 Å². The maximum absolute atomic E-state index is 11.9. The van der Waals surface area contributed by atoms with Gasteiger partial charge in [-0.25, -0.2) is 0 Å². The minimum atomic E-state index is -0.347. The van der Waals surface area contributed by atoms with Gasteiger partial charge in [-0.15, -0.1) is 0 Å². The SMILES string of the molecule is CCNC(=NCCNC(=O)C(C)(C)C)NC1CCN(C2CCCC2)C1. The van der Waals surface area contributed by atoms with Gasteiger partial charge in [0.2, 0.25) is 5.91 Å². The van der Waals surface area contributed by atoms with E-state index in [0.29, 0.717) is 19.1 Å². The monoisotopic (exact) mass is 351 g/mol. The highest BCUT2D eigenvalue weighted by atomic mass is 16.2. The summed E-state index contributed by atoms with van der Waals surface area (Å²) in [4.78, 5) is 19.1. The molecule has 1 amide bonds. The maximum atomic E-state index is 11.9. The van der Waals surface area contributed by atoms with Gasteiger partial charge < -0.3 is 16.0 Å². The van der Waals surface area contributed by atoms with Crippen LogP contribution in [0.3, 0.4) is 0 Å². The summed E-state index contributed by atoms with van der Waals surface area (Å²) in [5, 5.41) is 9.84. The van der Waals surface area contributed by atoms with Crippen molar-refractivity contribution >= 4 is 11.9 Å². The van der Waals surface area contributed by atoms with E-state index in [9.17, 15) is 4.79 Å². The van der Waals surface area contributed by atoms with Gasteiger partial charge in [0, 0.05) is 43.7 Å². The van der Waals surface area contributed by atoms with Crippen LogP contribution in [-0.2, 0) is 4.79 Å². The molecule has 0 aromatic carbocycles. The Balaban J connectivity index is 1.75. The first-order chi connectivity index (χ1) is 11.9. The normalized spacial score (nSPS) is 23.0. The zero-order chi connectivity index (χ0) is 18.3. The minimum Gasteiger partial charge on any atom is -0.357 e. The van der Waals surface area contributed by atoms with Crippen LogP contribution in [0.4, 0.5) is 0 Å². The van der Waals surface area contributed by atoms with Gasteiger partial charge in [0.1, 0.15) is 0 Å². The van der Waals surface area contributed by atoms with Crippen molar-refractivity contribution in [3.8, 4) is 0 Å². The van der Waals surface area contributed by atoms with Crippen LogP contribution in [0, 0.1) is 5.41 Å². The molecule has 6 heteroatoms. The Morgan fingerprint density at radius 3 is 2.52 bits per heavy atom. The smallest absolute Gasteiger partial charge is 0.225 e. The summed E-state index contributed by atoms with van der Waals surface area (Å²) in [6.07, 6.45) is 6.71. The van der Waals surface area contributed by atoms with Crippen LogP contribution in [0.15, 0.2) is 4.99 Å². The van der Waals surface area contributed by atoms with E-state index in [1.807, 2.05) is 20.8 Å². The van der Waals surface area contributed by atoms with E-state index in [4.69, 9.17) is 0 Å². The Hall–Kier alpha value is -1.30. The van der Waals surface area contributed by atoms with Gasteiger partial charge >= 0.3 is 0 Å². The summed E-state index contributed by atoms with van der Waals surface area (Å²) >= 11 is 0. The second-order valence-corrected chi connectivity index (χ2v) is 8.33. The van der Waals surface area contributed by atoms with Gasteiger partial charge in [-0.1, -0.05) is 33.6 Å². The van der Waals surface area contributed by atoms with E-state index in [2.05, 4.69) is 32.8 Å². The number of hydrogen-bond donors (Lipinski definition) is 3. The summed E-state index contributed by atoms with van der Waals surface area (Å²) in [6.45, 7) is 12.2. The standard InChI is InChI=1S/C19H37N5O/c1-5-20-18(22-12-11-21-17(25)19(2,3)4)23-15-10-13-24(14-15)16-8-6-7-9-16/h15-16H,5-14H2,1-4H3,(H,21,25)(H2,20,22,23). The van der Waals surface area contributed by atoms with Crippen molar-refractivity contribution in [2.75, 3.05) is 32.7 Å². The van der Waals surface area contributed by atoms with E-state index in [0.717, 1.165) is 25.1 Å². The molecule has 1 saturated heterocycles. The number of nitrogens with zero attached hydrogens (tertiary/aromatic N) is 2. The van der Waals surface area contributed by atoms with Crippen LogP contribution in [0.5, 0.6) is 0 Å². The highest BCUT2D eigenvalue weighted by Crippen LogP contribution is 2.26. The molecule has 1 aliphatic heterocycles. The molecule has 1 atom stereocenters. The van der Waals surface area contributed by atoms with Crippen LogP contribution in [-0.4, -0.2) is 61.6 Å². The third-order valence-corrected chi connectivity index (χ3v) is 5.09. The van der Waals surface area contributed by atoms with E-state index in [-0.39, 0.29) is 11.3 Å². The molecule has 2 fully saturated rings. The third-order valence-electron chi connectivity index (χ3n) is 5.09. The third kappa shape index (κ3) is 6.49. The molecule has 3 N–H and O–H groups in total. The first kappa shape index (κ1) is 20.0. The summed E-state index contributed by atoms with van der Waals surface area (Å²) in [7, 11) is 0. The highest BCUT2D eigenvalue weighted by molar-refractivity contribution is 5.81. The zero-order valence-corrected chi connectivity index (χ0v) is 16.5. The van der Waals surface area contributed by atoms with Crippen LogP contribution in [0.1, 0.15) is 59.8 Å². The second kappa shape index (κ2) is 9.41. The molecule has 144 valence electrons. The van der Waals surface area contributed by atoms with Crippen molar-refractivity contribution in [1.82, 2.24) is 20.9 Å². The zero-order valence-electron chi connectivity index (χ0n) is 16.5. The van der Waals surface area contributed by atoms with E-state index < -0.39 is 0 Å². The van der Waals surface area contributed by atoms with Gasteiger partial charge in [-0.2, -0.15) is 0 Å². The Labute approximate surface area is 153 Å². The van der Waals surface area contributed by atoms with Crippen LogP contribution in [0.25, 0.3) is 0 Å². The molecule has 1 saturated carbocycles. The molecule has 0 aromatic rings. The predicted octanol–water partition coefficient (Wildman–Crippen LogP) is 1.72. The van der Waals surface area contributed by atoms with Gasteiger partial charge in [0.15, 0.2) is 5.96 Å². The summed E-state index contributed by atoms with van der Waals surface area (Å²) in [5.41, 5.74) is -0.347. The molecule has 0 radical (unpaired) electrons. The van der Waals surface area contributed by atoms with E-state index in [1.165, 1.54) is 38.6 Å². The number of likely N-dealkylation sites (tertiary alicyclic amines) is 1. The Kier molecular flexibility index (Phi) is 7.54. The Morgan fingerprint density at radius 2 is 1.88 bits per heavy atom. The lowest BCUT2D eigenvalue weighted by Gasteiger charge is -2.24. The predicted molar refractivity (Wildman–Crippen MR) is 104 cm³/mol. The van der Waals surface area contributed by atoms with Gasteiger partial charge in [-0.3, -0.25) is 14.7 Å². The lowest BCUT2D eigenvalue weighted by Crippen LogP contribution is -2.45. The number of aliphatic imine (C=N–C) groups is 1. The highest BCUT2D eigenvalue weighted by Gasteiger charge is 2.30. The largest absolute Gasteiger partial charge is 0.357 e. The minimum absolute atomic E-state index is 0.0728. The Morgan fingerprint density at radius 1 is 1.16 bits per heavy atom. The molecule has 0 bridgehead atoms. The van der Waals surface area contributed by atoms with Crippen molar-refractivity contribution in [3.63, 3.8) is 0 Å². The Bertz CT molecular complexity index is 451. The molecule has 1 unspecified atom stereocenters. The summed E-state index contributed by atoms with van der Waals surface area (Å²) in [6, 6.07) is 1.28. The number of hydrogen-bond acceptors (Lipinski definition) is 3. The molecule has 1 heterocycles.